The molecule has 96 valence electrons. The summed E-state index contributed by atoms with van der Waals surface area (Å²) < 4.78 is 5.27. The Labute approximate surface area is 111 Å². The molecule has 3 N–H and O–H groups in total. The van der Waals surface area contributed by atoms with Crippen LogP contribution in [0.1, 0.15) is 11.3 Å². The topological polar surface area (TPSA) is 84.0 Å². The van der Waals surface area contributed by atoms with E-state index in [9.17, 15) is 0 Å². The average molecular weight is 254 g/mol. The number of benzene rings is 1. The Balaban J connectivity index is 2.13. The van der Waals surface area contributed by atoms with E-state index in [-0.39, 0.29) is 5.69 Å². The smallest absolute Gasteiger partial charge is 0.165 e. The van der Waals surface area contributed by atoms with E-state index in [0.29, 0.717) is 18.1 Å². The number of ether oxygens (including phenoxy) is 1. The van der Waals surface area contributed by atoms with Crippen LogP contribution in [0, 0.1) is 11.3 Å². The van der Waals surface area contributed by atoms with Gasteiger partial charge in [-0.05, 0) is 18.2 Å². The summed E-state index contributed by atoms with van der Waals surface area (Å²) in [7, 11) is 1.63. The molecule has 0 aliphatic carbocycles. The van der Waals surface area contributed by atoms with Crippen LogP contribution in [-0.2, 0) is 6.54 Å². The van der Waals surface area contributed by atoms with Gasteiger partial charge in [-0.2, -0.15) is 5.26 Å². The van der Waals surface area contributed by atoms with Gasteiger partial charge in [-0.1, -0.05) is 18.2 Å². The summed E-state index contributed by atoms with van der Waals surface area (Å²) in [6, 6.07) is 13.1. The zero-order valence-electron chi connectivity index (χ0n) is 10.6. The first-order valence-corrected chi connectivity index (χ1v) is 5.77. The summed E-state index contributed by atoms with van der Waals surface area (Å²) in [4.78, 5) is 4.12. The minimum Gasteiger partial charge on any atom is -0.496 e. The molecule has 5 heteroatoms. The molecule has 2 rings (SSSR count). The molecular formula is C14H14N4O. The van der Waals surface area contributed by atoms with Crippen molar-refractivity contribution in [2.24, 2.45) is 0 Å². The Morgan fingerprint density at radius 1 is 1.32 bits per heavy atom. The van der Waals surface area contributed by atoms with Gasteiger partial charge in [0.1, 0.15) is 17.6 Å². The number of nitrogens with two attached hydrogens (primary N) is 1. The van der Waals surface area contributed by atoms with Gasteiger partial charge in [0.05, 0.1) is 12.8 Å². The van der Waals surface area contributed by atoms with Gasteiger partial charge in [-0.15, -0.1) is 0 Å². The molecule has 0 unspecified atom stereocenters. The predicted molar refractivity (Wildman–Crippen MR) is 73.7 cm³/mol. The van der Waals surface area contributed by atoms with Crippen molar-refractivity contribution >= 4 is 11.5 Å². The second-order valence-electron chi connectivity index (χ2n) is 3.91. The van der Waals surface area contributed by atoms with E-state index in [0.717, 1.165) is 11.3 Å². The van der Waals surface area contributed by atoms with Gasteiger partial charge in [-0.3, -0.25) is 0 Å². The molecule has 0 radical (unpaired) electrons. The third kappa shape index (κ3) is 2.93. The fourth-order valence-electron chi connectivity index (χ4n) is 1.69. The Kier molecular flexibility index (Phi) is 3.84. The lowest BCUT2D eigenvalue weighted by Crippen LogP contribution is -2.04. The highest BCUT2D eigenvalue weighted by atomic mass is 16.5. The predicted octanol–water partition coefficient (Wildman–Crippen LogP) is 2.16. The molecule has 0 saturated heterocycles. The first kappa shape index (κ1) is 12.7. The van der Waals surface area contributed by atoms with E-state index in [2.05, 4.69) is 10.3 Å². The van der Waals surface area contributed by atoms with Crippen LogP contribution in [0.3, 0.4) is 0 Å². The van der Waals surface area contributed by atoms with Gasteiger partial charge in [0.15, 0.2) is 5.69 Å². The number of anilines is 2. The molecule has 1 aromatic heterocycles. The van der Waals surface area contributed by atoms with Crippen molar-refractivity contribution in [2.45, 2.75) is 6.54 Å². The summed E-state index contributed by atoms with van der Waals surface area (Å²) in [5, 5.41) is 12.0. The molecule has 1 aromatic carbocycles. The highest BCUT2D eigenvalue weighted by molar-refractivity contribution is 5.54. The van der Waals surface area contributed by atoms with E-state index >= 15 is 0 Å². The summed E-state index contributed by atoms with van der Waals surface area (Å²) in [6.07, 6.45) is 0. The van der Waals surface area contributed by atoms with Crippen LogP contribution in [0.4, 0.5) is 11.5 Å². The van der Waals surface area contributed by atoms with Crippen LogP contribution >= 0.6 is 0 Å². The fourth-order valence-corrected chi connectivity index (χ4v) is 1.69. The Morgan fingerprint density at radius 2 is 2.11 bits per heavy atom. The van der Waals surface area contributed by atoms with Gasteiger partial charge in [0, 0.05) is 12.1 Å². The van der Waals surface area contributed by atoms with Crippen molar-refractivity contribution in [1.82, 2.24) is 4.98 Å². The van der Waals surface area contributed by atoms with Crippen LogP contribution in [0.2, 0.25) is 0 Å². The molecule has 2 aromatic rings. The summed E-state index contributed by atoms with van der Waals surface area (Å²) >= 11 is 0. The summed E-state index contributed by atoms with van der Waals surface area (Å²) in [6.45, 7) is 0.561. The van der Waals surface area contributed by atoms with E-state index in [1.165, 1.54) is 0 Å². The number of nitriles is 1. The fraction of sp³-hybridized carbons (Fsp3) is 0.143. The van der Waals surface area contributed by atoms with E-state index in [4.69, 9.17) is 15.7 Å². The lowest BCUT2D eigenvalue weighted by Gasteiger charge is -2.10. The molecule has 0 spiro atoms. The molecular weight excluding hydrogens is 240 g/mol. The van der Waals surface area contributed by atoms with Crippen LogP contribution < -0.4 is 15.8 Å². The maximum Gasteiger partial charge on any atom is 0.165 e. The van der Waals surface area contributed by atoms with Gasteiger partial charge >= 0.3 is 0 Å². The van der Waals surface area contributed by atoms with Gasteiger partial charge < -0.3 is 15.8 Å². The molecule has 0 amide bonds. The number of methoxy groups -OCH3 is 1. The van der Waals surface area contributed by atoms with Crippen LogP contribution in [0.15, 0.2) is 36.4 Å². The SMILES string of the molecule is COc1ccccc1CNc1ccc(N)c(C#N)n1. The number of pyridine rings is 1. The van der Waals surface area contributed by atoms with Crippen molar-refractivity contribution < 1.29 is 4.74 Å². The first-order valence-electron chi connectivity index (χ1n) is 5.77. The van der Waals surface area contributed by atoms with Gasteiger partial charge in [0.25, 0.3) is 0 Å². The number of nitrogen functional groups attached to an aromatic ring is 1. The molecule has 0 bridgehead atoms. The van der Waals surface area contributed by atoms with Crippen molar-refractivity contribution in [3.8, 4) is 11.8 Å². The maximum absolute atomic E-state index is 8.87. The summed E-state index contributed by atoms with van der Waals surface area (Å²) in [5.41, 5.74) is 7.24. The minimum absolute atomic E-state index is 0.227. The van der Waals surface area contributed by atoms with E-state index < -0.39 is 0 Å². The number of hydrogen-bond donors (Lipinski definition) is 2. The Bertz CT molecular complexity index is 619. The molecule has 1 heterocycles. The third-order valence-electron chi connectivity index (χ3n) is 2.68. The zero-order valence-corrected chi connectivity index (χ0v) is 10.6. The Morgan fingerprint density at radius 3 is 2.84 bits per heavy atom. The number of nitrogens with one attached hydrogen (secondary N) is 1. The van der Waals surface area contributed by atoms with Crippen molar-refractivity contribution in [1.29, 1.82) is 5.26 Å². The highest BCUT2D eigenvalue weighted by Crippen LogP contribution is 2.19. The molecule has 0 atom stereocenters. The van der Waals surface area contributed by atoms with Gasteiger partial charge in [-0.25, -0.2) is 4.98 Å². The number of rotatable bonds is 4. The number of hydrogen-bond acceptors (Lipinski definition) is 5. The summed E-state index contributed by atoms with van der Waals surface area (Å²) in [5.74, 6) is 1.42. The maximum atomic E-state index is 8.87. The van der Waals surface area contributed by atoms with E-state index in [1.807, 2.05) is 30.3 Å². The first-order chi connectivity index (χ1) is 9.24. The highest BCUT2D eigenvalue weighted by Gasteiger charge is 2.04. The molecule has 5 nitrogen and oxygen atoms in total. The number of aromatic nitrogens is 1. The second kappa shape index (κ2) is 5.74. The quantitative estimate of drug-likeness (QED) is 0.873. The monoisotopic (exact) mass is 254 g/mol. The van der Waals surface area contributed by atoms with Crippen LogP contribution in [0.5, 0.6) is 5.75 Å². The average Bonchev–Trinajstić information content (AvgIpc) is 2.46. The van der Waals surface area contributed by atoms with Crippen molar-refractivity contribution in [3.05, 3.63) is 47.7 Å². The van der Waals surface area contributed by atoms with Gasteiger partial charge in [0.2, 0.25) is 0 Å². The van der Waals surface area contributed by atoms with Crippen molar-refractivity contribution in [2.75, 3.05) is 18.2 Å². The van der Waals surface area contributed by atoms with Crippen LogP contribution in [-0.4, -0.2) is 12.1 Å². The lowest BCUT2D eigenvalue weighted by atomic mass is 10.2. The standard InChI is InChI=1S/C14H14N4O/c1-19-13-5-3-2-4-10(13)9-17-14-7-6-11(16)12(8-15)18-14/h2-7H,9,16H2,1H3,(H,17,18). The molecule has 19 heavy (non-hydrogen) atoms. The lowest BCUT2D eigenvalue weighted by molar-refractivity contribution is 0.410. The third-order valence-corrected chi connectivity index (χ3v) is 2.68. The van der Waals surface area contributed by atoms with E-state index in [1.54, 1.807) is 19.2 Å². The normalized spacial score (nSPS) is 9.68. The molecule has 0 saturated carbocycles. The minimum atomic E-state index is 0.227. The zero-order chi connectivity index (χ0) is 13.7. The molecule has 0 aliphatic rings. The molecule has 0 aliphatic heterocycles. The van der Waals surface area contributed by atoms with Crippen LogP contribution in [0.25, 0.3) is 0 Å². The molecule has 0 fully saturated rings. The Hall–Kier alpha value is -2.74. The number of nitrogens with zero attached hydrogens (tertiary/aromatic N) is 2. The van der Waals surface area contributed by atoms with Crippen molar-refractivity contribution in [3.63, 3.8) is 0 Å². The number of para-hydroxylation sites is 1. The largest absolute Gasteiger partial charge is 0.496 e. The second-order valence-corrected chi connectivity index (χ2v) is 3.91.